The minimum absolute atomic E-state index is 0.0491. The van der Waals surface area contributed by atoms with Gasteiger partial charge in [-0.15, -0.1) is 0 Å². The number of nitrogens with one attached hydrogen (secondary N) is 1. The Morgan fingerprint density at radius 1 is 1.47 bits per heavy atom. The van der Waals surface area contributed by atoms with Crippen molar-refractivity contribution in [2.24, 2.45) is 17.4 Å². The van der Waals surface area contributed by atoms with E-state index in [1.807, 2.05) is 0 Å². The number of primary amides is 1. The van der Waals surface area contributed by atoms with Crippen molar-refractivity contribution < 1.29 is 11.0 Å². The average molecular weight is 216 g/mol. The van der Waals surface area contributed by atoms with Crippen molar-refractivity contribution >= 4 is 11.8 Å². The van der Waals surface area contributed by atoms with Gasteiger partial charge in [0.1, 0.15) is 1.41 Å². The van der Waals surface area contributed by atoms with E-state index in [1.54, 1.807) is 6.92 Å². The highest BCUT2D eigenvalue weighted by Crippen LogP contribution is 2.03. The molecule has 0 saturated heterocycles. The number of hydrogen-bond acceptors (Lipinski definition) is 3. The molecule has 0 aliphatic heterocycles. The zero-order valence-electron chi connectivity index (χ0n) is 10.2. The smallest absolute Gasteiger partial charge is 0.220 e. The Morgan fingerprint density at radius 3 is 2.80 bits per heavy atom. The Balaban J connectivity index is 3.41. The maximum Gasteiger partial charge on any atom is 0.220 e. The fourth-order valence-corrected chi connectivity index (χ4v) is 1.06. The van der Waals surface area contributed by atoms with Crippen molar-refractivity contribution in [3.63, 3.8) is 0 Å². The average Bonchev–Trinajstić information content (AvgIpc) is 2.25. The van der Waals surface area contributed by atoms with Crippen molar-refractivity contribution in [3.05, 3.63) is 0 Å². The van der Waals surface area contributed by atoms with Crippen molar-refractivity contribution in [1.29, 1.82) is 0 Å². The van der Waals surface area contributed by atoms with Crippen molar-refractivity contribution in [3.8, 4) is 0 Å². The number of nitrogens with two attached hydrogens (primary N) is 2. The first-order valence-corrected chi connectivity index (χ1v) is 5.28. The van der Waals surface area contributed by atoms with Crippen LogP contribution in [0.3, 0.4) is 0 Å². The maximum absolute atomic E-state index is 11.3. The number of rotatable bonds is 9. The van der Waals surface area contributed by atoms with Gasteiger partial charge in [-0.05, 0) is 25.8 Å². The van der Waals surface area contributed by atoms with Gasteiger partial charge in [-0.1, -0.05) is 6.92 Å². The lowest BCUT2D eigenvalue weighted by atomic mass is 10.1. The SMILES string of the molecule is [2H]NCCCCNC(=O)CCC(C)C(N)=O. The number of amides is 2. The summed E-state index contributed by atoms with van der Waals surface area (Å²) in [5.41, 5.74) is 7.38. The number of hydrogen-bond donors (Lipinski definition) is 3. The molecule has 0 aromatic rings. The van der Waals surface area contributed by atoms with Gasteiger partial charge in [0.15, 0.2) is 0 Å². The van der Waals surface area contributed by atoms with E-state index in [1.165, 1.54) is 0 Å². The quantitative estimate of drug-likeness (QED) is 0.463. The molecule has 2 amide bonds. The van der Waals surface area contributed by atoms with Crippen LogP contribution in [0.15, 0.2) is 0 Å². The molecule has 5 nitrogen and oxygen atoms in total. The lowest BCUT2D eigenvalue weighted by Gasteiger charge is -2.07. The Morgan fingerprint density at radius 2 is 2.20 bits per heavy atom. The van der Waals surface area contributed by atoms with Crippen LogP contribution in [-0.4, -0.2) is 24.9 Å². The van der Waals surface area contributed by atoms with Crippen molar-refractivity contribution in [2.75, 3.05) is 13.1 Å². The first-order chi connectivity index (χ1) is 7.57. The summed E-state index contributed by atoms with van der Waals surface area (Å²) >= 11 is 0. The Hall–Kier alpha value is -1.10. The summed E-state index contributed by atoms with van der Waals surface area (Å²) in [7, 11) is 0. The topological polar surface area (TPSA) is 98.2 Å². The van der Waals surface area contributed by atoms with Crippen molar-refractivity contribution in [2.45, 2.75) is 32.6 Å². The van der Waals surface area contributed by atoms with Gasteiger partial charge in [0, 0.05) is 18.9 Å². The largest absolute Gasteiger partial charge is 0.369 e. The Bertz CT molecular complexity index is 224. The summed E-state index contributed by atoms with van der Waals surface area (Å²) in [6.07, 6.45) is 2.54. The molecule has 0 bridgehead atoms. The molecular formula is C10H21N3O2. The lowest BCUT2D eigenvalue weighted by Crippen LogP contribution is -2.27. The second kappa shape index (κ2) is 8.23. The molecule has 88 valence electrons. The molecular weight excluding hydrogens is 194 g/mol. The predicted molar refractivity (Wildman–Crippen MR) is 58.9 cm³/mol. The Labute approximate surface area is 92.0 Å². The van der Waals surface area contributed by atoms with Crippen LogP contribution in [-0.2, 0) is 9.59 Å². The molecule has 0 aromatic heterocycles. The van der Waals surface area contributed by atoms with E-state index in [4.69, 9.17) is 7.15 Å². The molecule has 0 heterocycles. The van der Waals surface area contributed by atoms with Crippen molar-refractivity contribution in [1.82, 2.24) is 5.32 Å². The third kappa shape index (κ3) is 7.93. The minimum atomic E-state index is -0.366. The molecule has 0 rings (SSSR count). The molecule has 0 aromatic carbocycles. The number of unbranched alkanes of at least 4 members (excludes halogenated alkanes) is 1. The van der Waals surface area contributed by atoms with Gasteiger partial charge in [-0.3, -0.25) is 9.59 Å². The van der Waals surface area contributed by atoms with E-state index in [-0.39, 0.29) is 17.7 Å². The maximum atomic E-state index is 11.3. The zero-order valence-corrected chi connectivity index (χ0v) is 9.21. The monoisotopic (exact) mass is 216 g/mol. The second-order valence-corrected chi connectivity index (χ2v) is 3.65. The standard InChI is InChI=1S/C10H21N3O2/c1-8(10(12)15)4-5-9(14)13-7-3-2-6-11/h8H,2-7,11H2,1H3,(H2,12,15)(H,13,14)/i/hD. The normalized spacial score (nSPS) is 13.0. The molecule has 1 unspecified atom stereocenters. The van der Waals surface area contributed by atoms with E-state index in [0.717, 1.165) is 12.8 Å². The van der Waals surface area contributed by atoms with Gasteiger partial charge in [0.25, 0.3) is 0 Å². The van der Waals surface area contributed by atoms with E-state index in [2.05, 4.69) is 11.0 Å². The third-order valence-corrected chi connectivity index (χ3v) is 2.22. The third-order valence-electron chi connectivity index (χ3n) is 2.22. The van der Waals surface area contributed by atoms with Crippen LogP contribution in [0.25, 0.3) is 0 Å². The van der Waals surface area contributed by atoms with Crippen LogP contribution >= 0.6 is 0 Å². The molecule has 1 atom stereocenters. The Kier molecular flexibility index (Phi) is 6.57. The predicted octanol–water partition coefficient (Wildman–Crippen LogP) is -0.257. The lowest BCUT2D eigenvalue weighted by molar-refractivity contribution is -0.123. The van der Waals surface area contributed by atoms with Gasteiger partial charge in [0.2, 0.25) is 11.8 Å². The second-order valence-electron chi connectivity index (χ2n) is 3.65. The summed E-state index contributed by atoms with van der Waals surface area (Å²) in [5, 5.41) is 2.76. The molecule has 15 heavy (non-hydrogen) atoms. The van der Waals surface area contributed by atoms with Gasteiger partial charge >= 0.3 is 0 Å². The van der Waals surface area contributed by atoms with Gasteiger partial charge in [-0.2, -0.15) is 0 Å². The summed E-state index contributed by atoms with van der Waals surface area (Å²) in [5.74, 6) is -0.667. The van der Waals surface area contributed by atoms with Crippen LogP contribution in [0.1, 0.15) is 32.6 Å². The van der Waals surface area contributed by atoms with E-state index in [0.29, 0.717) is 25.9 Å². The van der Waals surface area contributed by atoms with Crippen LogP contribution in [0, 0.1) is 5.92 Å². The van der Waals surface area contributed by atoms with Crippen LogP contribution < -0.4 is 16.8 Å². The molecule has 0 aliphatic rings. The molecule has 0 saturated carbocycles. The fraction of sp³-hybridized carbons (Fsp3) is 0.800. The molecule has 0 aliphatic carbocycles. The van der Waals surface area contributed by atoms with Gasteiger partial charge in [-0.25, -0.2) is 0 Å². The van der Waals surface area contributed by atoms with E-state index < -0.39 is 0 Å². The summed E-state index contributed by atoms with van der Waals surface area (Å²) < 4.78 is 6.69. The van der Waals surface area contributed by atoms with Crippen LogP contribution in [0.4, 0.5) is 0 Å². The molecule has 5 heteroatoms. The molecule has 0 radical (unpaired) electrons. The summed E-state index contributed by atoms with van der Waals surface area (Å²) in [4.78, 5) is 22.0. The van der Waals surface area contributed by atoms with E-state index >= 15 is 0 Å². The highest BCUT2D eigenvalue weighted by molar-refractivity contribution is 5.79. The number of carbonyl (C=O) groups is 2. The van der Waals surface area contributed by atoms with E-state index in [9.17, 15) is 9.59 Å². The highest BCUT2D eigenvalue weighted by atomic mass is 16.2. The first-order valence-electron chi connectivity index (χ1n) is 5.78. The fourth-order valence-electron chi connectivity index (χ4n) is 1.06. The molecule has 0 spiro atoms. The molecule has 0 fully saturated rings. The zero-order chi connectivity index (χ0) is 12.4. The minimum Gasteiger partial charge on any atom is -0.369 e. The number of carbonyl (C=O) groups excluding carboxylic acids is 2. The summed E-state index contributed by atoms with van der Waals surface area (Å²) in [6, 6.07) is 0. The molecule has 5 N–H and O–H groups in total. The van der Waals surface area contributed by atoms with Gasteiger partial charge in [0.05, 0.1) is 0 Å². The summed E-state index contributed by atoms with van der Waals surface area (Å²) in [6.45, 7) is 2.97. The van der Waals surface area contributed by atoms with Crippen LogP contribution in [0.5, 0.6) is 0 Å². The van der Waals surface area contributed by atoms with Crippen LogP contribution in [0.2, 0.25) is 1.41 Å². The van der Waals surface area contributed by atoms with Gasteiger partial charge < -0.3 is 16.8 Å². The highest BCUT2D eigenvalue weighted by Gasteiger charge is 2.10. The first kappa shape index (κ1) is 12.0.